The second-order valence-corrected chi connectivity index (χ2v) is 8.55. The Bertz CT molecular complexity index is 1320. The van der Waals surface area contributed by atoms with E-state index in [0.29, 0.717) is 22.8 Å². The minimum atomic E-state index is -0.988. The van der Waals surface area contributed by atoms with Crippen molar-refractivity contribution in [3.05, 3.63) is 83.4 Å². The first-order chi connectivity index (χ1) is 16.6. The molecule has 34 heavy (non-hydrogen) atoms. The number of esters is 1. The van der Waals surface area contributed by atoms with E-state index in [0.717, 1.165) is 16.1 Å². The molecule has 2 aromatic carbocycles. The summed E-state index contributed by atoms with van der Waals surface area (Å²) in [6, 6.07) is 18.7. The molecule has 1 N–H and O–H groups in total. The lowest BCUT2D eigenvalue weighted by Gasteiger charge is -2.13. The van der Waals surface area contributed by atoms with Crippen LogP contribution < -0.4 is 14.8 Å². The largest absolute Gasteiger partial charge is 0.454 e. The van der Waals surface area contributed by atoms with Crippen LogP contribution in [-0.2, 0) is 16.1 Å². The summed E-state index contributed by atoms with van der Waals surface area (Å²) in [5, 5.41) is 9.31. The number of ether oxygens (including phenoxy) is 3. The lowest BCUT2D eigenvalue weighted by Crippen LogP contribution is -2.35. The predicted molar refractivity (Wildman–Crippen MR) is 126 cm³/mol. The molecule has 0 radical (unpaired) electrons. The SMILES string of the molecule is C[C@H](OC(=O)c1cn(-c2ccccc2)nc1-c1cccs1)C(=O)NCc1ccc2c(c1)OCO2. The monoisotopic (exact) mass is 475 g/mol. The molecule has 1 aliphatic heterocycles. The summed E-state index contributed by atoms with van der Waals surface area (Å²) >= 11 is 1.47. The van der Waals surface area contributed by atoms with E-state index in [-0.39, 0.29) is 13.3 Å². The third-order valence-corrected chi connectivity index (χ3v) is 6.14. The smallest absolute Gasteiger partial charge is 0.342 e. The third kappa shape index (κ3) is 4.51. The van der Waals surface area contributed by atoms with Gasteiger partial charge in [0.2, 0.25) is 6.79 Å². The molecule has 0 bridgehead atoms. The minimum Gasteiger partial charge on any atom is -0.454 e. The van der Waals surface area contributed by atoms with Gasteiger partial charge < -0.3 is 19.5 Å². The van der Waals surface area contributed by atoms with Gasteiger partial charge in [-0.3, -0.25) is 4.79 Å². The molecule has 0 spiro atoms. The van der Waals surface area contributed by atoms with E-state index in [4.69, 9.17) is 14.2 Å². The van der Waals surface area contributed by atoms with Gasteiger partial charge in [-0.05, 0) is 48.2 Å². The van der Waals surface area contributed by atoms with Crippen molar-refractivity contribution in [2.24, 2.45) is 0 Å². The summed E-state index contributed by atoms with van der Waals surface area (Å²) in [6.07, 6.45) is 0.641. The van der Waals surface area contributed by atoms with E-state index in [2.05, 4.69) is 10.4 Å². The summed E-state index contributed by atoms with van der Waals surface area (Å²) in [6.45, 7) is 2.00. The van der Waals surface area contributed by atoms with Gasteiger partial charge in [0.1, 0.15) is 11.3 Å². The predicted octanol–water partition coefficient (Wildman–Crippen LogP) is 4.19. The Morgan fingerprint density at radius 2 is 1.94 bits per heavy atom. The highest BCUT2D eigenvalue weighted by Gasteiger charge is 2.25. The summed E-state index contributed by atoms with van der Waals surface area (Å²) in [4.78, 5) is 26.5. The number of carbonyl (C=O) groups excluding carboxylic acids is 2. The van der Waals surface area contributed by atoms with Crippen molar-refractivity contribution in [1.29, 1.82) is 0 Å². The molecule has 1 amide bonds. The van der Waals surface area contributed by atoms with Gasteiger partial charge in [-0.1, -0.05) is 30.3 Å². The number of rotatable bonds is 7. The molecular weight excluding hydrogens is 454 g/mol. The van der Waals surface area contributed by atoms with Crippen molar-refractivity contribution in [3.8, 4) is 27.8 Å². The van der Waals surface area contributed by atoms with Crippen molar-refractivity contribution >= 4 is 23.2 Å². The van der Waals surface area contributed by atoms with Crippen LogP contribution in [0.1, 0.15) is 22.8 Å². The highest BCUT2D eigenvalue weighted by molar-refractivity contribution is 7.13. The lowest BCUT2D eigenvalue weighted by molar-refractivity contribution is -0.129. The van der Waals surface area contributed by atoms with Gasteiger partial charge in [0.25, 0.3) is 5.91 Å². The number of hydrogen-bond acceptors (Lipinski definition) is 7. The van der Waals surface area contributed by atoms with Crippen molar-refractivity contribution in [1.82, 2.24) is 15.1 Å². The number of aromatic nitrogens is 2. The number of benzene rings is 2. The van der Waals surface area contributed by atoms with Crippen molar-refractivity contribution in [2.45, 2.75) is 19.6 Å². The number of para-hydroxylation sites is 1. The standard InChI is InChI=1S/C25H21N3O5S/c1-16(24(29)26-13-17-9-10-20-21(12-17)32-15-31-20)33-25(30)19-14-28(18-6-3-2-4-7-18)27-23(19)22-8-5-11-34-22/h2-12,14,16H,13,15H2,1H3,(H,26,29)/t16-/m0/s1. The second-order valence-electron chi connectivity index (χ2n) is 7.60. The summed E-state index contributed by atoms with van der Waals surface area (Å²) in [5.74, 6) is 0.299. The molecule has 3 heterocycles. The maximum absolute atomic E-state index is 13.0. The topological polar surface area (TPSA) is 91.7 Å². The second kappa shape index (κ2) is 9.40. The van der Waals surface area contributed by atoms with E-state index in [1.165, 1.54) is 11.3 Å². The molecule has 0 saturated carbocycles. The van der Waals surface area contributed by atoms with Gasteiger partial charge >= 0.3 is 5.97 Å². The summed E-state index contributed by atoms with van der Waals surface area (Å²) in [7, 11) is 0. The Kier molecular flexibility index (Phi) is 6.01. The van der Waals surface area contributed by atoms with Crippen molar-refractivity contribution in [2.75, 3.05) is 6.79 Å². The van der Waals surface area contributed by atoms with Gasteiger partial charge in [-0.15, -0.1) is 11.3 Å². The lowest BCUT2D eigenvalue weighted by atomic mass is 10.2. The zero-order valence-corrected chi connectivity index (χ0v) is 19.1. The van der Waals surface area contributed by atoms with Crippen LogP contribution in [0.3, 0.4) is 0 Å². The first-order valence-electron chi connectivity index (χ1n) is 10.6. The van der Waals surface area contributed by atoms with Crippen LogP contribution in [0.4, 0.5) is 0 Å². The normalized spacial score (nSPS) is 12.9. The van der Waals surface area contributed by atoms with Crippen LogP contribution in [0.5, 0.6) is 11.5 Å². The molecule has 1 aliphatic rings. The van der Waals surface area contributed by atoms with Crippen molar-refractivity contribution < 1.29 is 23.8 Å². The van der Waals surface area contributed by atoms with Crippen LogP contribution in [0.25, 0.3) is 16.3 Å². The zero-order valence-electron chi connectivity index (χ0n) is 18.3. The number of amides is 1. The van der Waals surface area contributed by atoms with Gasteiger partial charge in [0.15, 0.2) is 17.6 Å². The quantitative estimate of drug-likeness (QED) is 0.403. The van der Waals surface area contributed by atoms with E-state index < -0.39 is 18.0 Å². The van der Waals surface area contributed by atoms with Crippen LogP contribution in [-0.4, -0.2) is 34.6 Å². The van der Waals surface area contributed by atoms with Crippen LogP contribution in [0, 0.1) is 0 Å². The Hall–Kier alpha value is -4.11. The minimum absolute atomic E-state index is 0.187. The first-order valence-corrected chi connectivity index (χ1v) is 11.5. The highest BCUT2D eigenvalue weighted by atomic mass is 32.1. The molecule has 4 aromatic rings. The zero-order chi connectivity index (χ0) is 23.5. The maximum Gasteiger partial charge on any atom is 0.342 e. The van der Waals surface area contributed by atoms with E-state index in [9.17, 15) is 9.59 Å². The Morgan fingerprint density at radius 3 is 2.74 bits per heavy atom. The third-order valence-electron chi connectivity index (χ3n) is 5.27. The van der Waals surface area contributed by atoms with E-state index in [1.54, 1.807) is 23.9 Å². The number of fused-ring (bicyclic) bond motifs is 1. The van der Waals surface area contributed by atoms with E-state index in [1.807, 2.05) is 60.0 Å². The molecule has 0 unspecified atom stereocenters. The van der Waals surface area contributed by atoms with Gasteiger partial charge in [-0.2, -0.15) is 5.10 Å². The van der Waals surface area contributed by atoms with Crippen molar-refractivity contribution in [3.63, 3.8) is 0 Å². The first kappa shape index (κ1) is 21.7. The molecule has 8 nitrogen and oxygen atoms in total. The molecular formula is C25H21N3O5S. The maximum atomic E-state index is 13.0. The highest BCUT2D eigenvalue weighted by Crippen LogP contribution is 2.32. The molecule has 0 aliphatic carbocycles. The Morgan fingerprint density at radius 1 is 1.12 bits per heavy atom. The van der Waals surface area contributed by atoms with E-state index >= 15 is 0 Å². The number of carbonyl (C=O) groups is 2. The van der Waals surface area contributed by atoms with Gasteiger partial charge in [0, 0.05) is 12.7 Å². The molecule has 1 atom stereocenters. The average molecular weight is 476 g/mol. The molecule has 0 saturated heterocycles. The Labute approximate surface area is 199 Å². The fourth-order valence-corrected chi connectivity index (χ4v) is 4.22. The molecule has 2 aromatic heterocycles. The van der Waals surface area contributed by atoms with Crippen LogP contribution in [0.15, 0.2) is 72.2 Å². The Balaban J connectivity index is 1.28. The molecule has 172 valence electrons. The van der Waals surface area contributed by atoms with Crippen LogP contribution >= 0.6 is 11.3 Å². The fraction of sp³-hybridized carbons (Fsp3) is 0.160. The number of thiophene rings is 1. The number of nitrogens with zero attached hydrogens (tertiary/aromatic N) is 2. The van der Waals surface area contributed by atoms with Crippen LogP contribution in [0.2, 0.25) is 0 Å². The molecule has 5 rings (SSSR count). The molecule has 0 fully saturated rings. The molecule has 9 heteroatoms. The number of hydrogen-bond donors (Lipinski definition) is 1. The number of nitrogens with one attached hydrogen (secondary N) is 1. The average Bonchev–Trinajstić information content (AvgIpc) is 3.62. The summed E-state index contributed by atoms with van der Waals surface area (Å²) < 4.78 is 17.8. The van der Waals surface area contributed by atoms with Gasteiger partial charge in [0.05, 0.1) is 10.6 Å². The summed E-state index contributed by atoms with van der Waals surface area (Å²) in [5.41, 5.74) is 2.47. The fourth-order valence-electron chi connectivity index (χ4n) is 3.49. The van der Waals surface area contributed by atoms with Gasteiger partial charge in [-0.25, -0.2) is 9.48 Å².